The fourth-order valence-electron chi connectivity index (χ4n) is 2.55. The Kier molecular flexibility index (Phi) is 5.83. The van der Waals surface area contributed by atoms with E-state index in [-0.39, 0.29) is 23.9 Å². The molecule has 0 saturated heterocycles. The van der Waals surface area contributed by atoms with Crippen molar-refractivity contribution in [2.24, 2.45) is 0 Å². The molecular weight excluding hydrogens is 344 g/mol. The van der Waals surface area contributed by atoms with Crippen LogP contribution in [0.4, 0.5) is 0 Å². The van der Waals surface area contributed by atoms with Gasteiger partial charge in [0, 0.05) is 6.54 Å². The molecule has 3 rings (SSSR count). The van der Waals surface area contributed by atoms with Crippen LogP contribution in [0.25, 0.3) is 5.69 Å². The van der Waals surface area contributed by atoms with Gasteiger partial charge >= 0.3 is 0 Å². The van der Waals surface area contributed by atoms with Crippen LogP contribution in [-0.2, 0) is 13.2 Å². The number of aliphatic hydroxyl groups excluding tert-OH is 1. The van der Waals surface area contributed by atoms with Gasteiger partial charge in [0.05, 0.1) is 18.9 Å². The van der Waals surface area contributed by atoms with E-state index in [2.05, 4.69) is 15.5 Å². The van der Waals surface area contributed by atoms with Crippen LogP contribution in [0.2, 0.25) is 0 Å². The highest BCUT2D eigenvalue weighted by atomic mass is 16.5. The minimum atomic E-state index is -0.378. The van der Waals surface area contributed by atoms with Gasteiger partial charge in [-0.15, -0.1) is 10.2 Å². The molecule has 0 aliphatic carbocycles. The zero-order valence-corrected chi connectivity index (χ0v) is 15.3. The maximum absolute atomic E-state index is 12.5. The lowest BCUT2D eigenvalue weighted by Crippen LogP contribution is -2.24. The fraction of sp³-hybridized carbons (Fsp3) is 0.250. The number of aromatic nitrogens is 3. The Morgan fingerprint density at radius 3 is 2.44 bits per heavy atom. The Balaban J connectivity index is 1.74. The molecule has 0 atom stereocenters. The molecule has 0 fully saturated rings. The zero-order valence-electron chi connectivity index (χ0n) is 15.3. The first-order valence-electron chi connectivity index (χ1n) is 8.74. The molecule has 1 aromatic heterocycles. The Bertz CT molecular complexity index is 902. The molecule has 27 heavy (non-hydrogen) atoms. The van der Waals surface area contributed by atoms with Gasteiger partial charge in [0.25, 0.3) is 5.91 Å². The number of carbonyl (C=O) groups excluding carboxylic acids is 1. The summed E-state index contributed by atoms with van der Waals surface area (Å²) in [5.74, 6) is 0.365. The van der Waals surface area contributed by atoms with Gasteiger partial charge in [0.2, 0.25) is 0 Å². The van der Waals surface area contributed by atoms with E-state index in [0.29, 0.717) is 18.8 Å². The normalized spacial score (nSPS) is 10.6. The summed E-state index contributed by atoms with van der Waals surface area (Å²) >= 11 is 0. The molecule has 1 amide bonds. The minimum Gasteiger partial charge on any atom is -0.494 e. The number of hydrogen-bond acceptors (Lipinski definition) is 5. The summed E-state index contributed by atoms with van der Waals surface area (Å²) < 4.78 is 5.41. The van der Waals surface area contributed by atoms with Crippen molar-refractivity contribution in [2.75, 3.05) is 6.61 Å². The number of aliphatic hydroxyl groups is 1. The third kappa shape index (κ3) is 4.51. The number of nitrogens with one attached hydrogen (secondary N) is 1. The summed E-state index contributed by atoms with van der Waals surface area (Å²) in [5.41, 5.74) is 3.15. The number of nitrogens with zero attached hydrogens (tertiary/aromatic N) is 3. The van der Waals surface area contributed by atoms with E-state index in [1.54, 1.807) is 24.3 Å². The minimum absolute atomic E-state index is 0.110. The zero-order chi connectivity index (χ0) is 19.2. The van der Waals surface area contributed by atoms with Gasteiger partial charge < -0.3 is 15.2 Å². The molecule has 0 aliphatic heterocycles. The van der Waals surface area contributed by atoms with E-state index < -0.39 is 0 Å². The SMILES string of the molecule is CCOc1ccc(-n2nc(CO)c(C(=O)NCc3ccc(C)cc3)n2)cc1. The van der Waals surface area contributed by atoms with Gasteiger partial charge in [0.15, 0.2) is 5.69 Å². The summed E-state index contributed by atoms with van der Waals surface area (Å²) in [6.45, 7) is 4.51. The lowest BCUT2D eigenvalue weighted by molar-refractivity contribution is 0.0942. The Labute approximate surface area is 157 Å². The summed E-state index contributed by atoms with van der Waals surface area (Å²) in [5, 5.41) is 20.8. The second-order valence-electron chi connectivity index (χ2n) is 6.04. The third-order valence-corrected chi connectivity index (χ3v) is 4.00. The van der Waals surface area contributed by atoms with Gasteiger partial charge in [-0.3, -0.25) is 4.79 Å². The van der Waals surface area contributed by atoms with Crippen LogP contribution in [-0.4, -0.2) is 32.6 Å². The van der Waals surface area contributed by atoms with Crippen molar-refractivity contribution < 1.29 is 14.6 Å². The van der Waals surface area contributed by atoms with Gasteiger partial charge in [-0.25, -0.2) is 0 Å². The third-order valence-electron chi connectivity index (χ3n) is 4.00. The summed E-state index contributed by atoms with van der Waals surface area (Å²) in [6.07, 6.45) is 0. The predicted molar refractivity (Wildman–Crippen MR) is 101 cm³/mol. The average molecular weight is 366 g/mol. The predicted octanol–water partition coefficient (Wildman–Crippen LogP) is 2.40. The first-order valence-corrected chi connectivity index (χ1v) is 8.74. The number of amides is 1. The van der Waals surface area contributed by atoms with Crippen molar-refractivity contribution in [2.45, 2.75) is 27.0 Å². The number of ether oxygens (including phenoxy) is 1. The number of aryl methyl sites for hydroxylation is 1. The van der Waals surface area contributed by atoms with Gasteiger partial charge in [0.1, 0.15) is 11.4 Å². The van der Waals surface area contributed by atoms with Crippen molar-refractivity contribution in [1.29, 1.82) is 0 Å². The van der Waals surface area contributed by atoms with Crippen LogP contribution in [0.1, 0.15) is 34.2 Å². The molecule has 0 saturated carbocycles. The lowest BCUT2D eigenvalue weighted by atomic mass is 10.1. The Morgan fingerprint density at radius 1 is 1.11 bits per heavy atom. The van der Waals surface area contributed by atoms with Crippen molar-refractivity contribution in [3.63, 3.8) is 0 Å². The van der Waals surface area contributed by atoms with Crippen LogP contribution in [0.5, 0.6) is 5.75 Å². The average Bonchev–Trinajstić information content (AvgIpc) is 3.13. The van der Waals surface area contributed by atoms with E-state index in [0.717, 1.165) is 16.9 Å². The maximum atomic E-state index is 12.5. The second-order valence-corrected chi connectivity index (χ2v) is 6.04. The van der Waals surface area contributed by atoms with Crippen molar-refractivity contribution in [3.05, 3.63) is 71.0 Å². The second kappa shape index (κ2) is 8.46. The van der Waals surface area contributed by atoms with E-state index >= 15 is 0 Å². The monoisotopic (exact) mass is 366 g/mol. The maximum Gasteiger partial charge on any atom is 0.274 e. The summed E-state index contributed by atoms with van der Waals surface area (Å²) in [7, 11) is 0. The molecule has 140 valence electrons. The van der Waals surface area contributed by atoms with Gasteiger partial charge in [-0.2, -0.15) is 4.80 Å². The number of benzene rings is 2. The van der Waals surface area contributed by atoms with E-state index in [9.17, 15) is 9.90 Å². The van der Waals surface area contributed by atoms with Crippen molar-refractivity contribution in [3.8, 4) is 11.4 Å². The standard InChI is InChI=1S/C20H22N4O3/c1-3-27-17-10-8-16(9-11-17)24-22-18(13-25)19(23-24)20(26)21-12-15-6-4-14(2)5-7-15/h4-11,25H,3,12-13H2,1-2H3,(H,21,26). The highest BCUT2D eigenvalue weighted by molar-refractivity contribution is 5.93. The van der Waals surface area contributed by atoms with Crippen molar-refractivity contribution >= 4 is 5.91 Å². The molecule has 0 radical (unpaired) electrons. The van der Waals surface area contributed by atoms with E-state index in [4.69, 9.17) is 4.74 Å². The van der Waals surface area contributed by atoms with E-state index in [1.807, 2.05) is 38.1 Å². The summed E-state index contributed by atoms with van der Waals surface area (Å²) in [4.78, 5) is 13.8. The molecule has 2 aromatic carbocycles. The number of carbonyl (C=O) groups is 1. The largest absolute Gasteiger partial charge is 0.494 e. The fourth-order valence-corrected chi connectivity index (χ4v) is 2.55. The highest BCUT2D eigenvalue weighted by Gasteiger charge is 2.18. The van der Waals surface area contributed by atoms with Crippen LogP contribution in [0.3, 0.4) is 0 Å². The molecule has 1 heterocycles. The van der Waals surface area contributed by atoms with Gasteiger partial charge in [-0.05, 0) is 43.7 Å². The van der Waals surface area contributed by atoms with Crippen LogP contribution >= 0.6 is 0 Å². The summed E-state index contributed by atoms with van der Waals surface area (Å²) in [6, 6.07) is 15.1. The topological polar surface area (TPSA) is 89.3 Å². The van der Waals surface area contributed by atoms with Gasteiger partial charge in [-0.1, -0.05) is 29.8 Å². The molecule has 2 N–H and O–H groups in total. The highest BCUT2D eigenvalue weighted by Crippen LogP contribution is 2.15. The van der Waals surface area contributed by atoms with Crippen molar-refractivity contribution in [1.82, 2.24) is 20.3 Å². The van der Waals surface area contributed by atoms with E-state index in [1.165, 1.54) is 4.80 Å². The molecule has 3 aromatic rings. The molecule has 7 heteroatoms. The molecule has 0 spiro atoms. The van der Waals surface area contributed by atoms with Crippen LogP contribution in [0, 0.1) is 6.92 Å². The molecule has 0 bridgehead atoms. The Hall–Kier alpha value is -3.19. The molecule has 7 nitrogen and oxygen atoms in total. The smallest absolute Gasteiger partial charge is 0.274 e. The first-order chi connectivity index (χ1) is 13.1. The Morgan fingerprint density at radius 2 is 1.81 bits per heavy atom. The number of rotatable bonds is 7. The molecule has 0 unspecified atom stereocenters. The lowest BCUT2D eigenvalue weighted by Gasteiger charge is -2.05. The number of hydrogen-bond donors (Lipinski definition) is 2. The molecule has 0 aliphatic rings. The quantitative estimate of drug-likeness (QED) is 0.670. The van der Waals surface area contributed by atoms with Crippen LogP contribution < -0.4 is 10.1 Å². The first kappa shape index (κ1) is 18.6. The van der Waals surface area contributed by atoms with Crippen LogP contribution in [0.15, 0.2) is 48.5 Å². The molecular formula is C20H22N4O3.